The second-order valence-corrected chi connectivity index (χ2v) is 5.91. The zero-order chi connectivity index (χ0) is 15.1. The number of halogens is 1. The number of rotatable bonds is 6. The number of guanidine groups is 1. The van der Waals surface area contributed by atoms with Crippen molar-refractivity contribution in [1.82, 2.24) is 10.2 Å². The van der Waals surface area contributed by atoms with Crippen LogP contribution in [0.15, 0.2) is 39.7 Å². The van der Waals surface area contributed by atoms with Gasteiger partial charge in [0.2, 0.25) is 0 Å². The minimum Gasteiger partial charge on any atom is -0.459 e. The quantitative estimate of drug-likeness (QED) is 0.326. The fourth-order valence-electron chi connectivity index (χ4n) is 2.22. The Labute approximate surface area is 153 Å². The SMILES string of the molecule is CN=C(NCCCSC)N(C)Cc1cc2ccccc2o1.I. The third kappa shape index (κ3) is 5.39. The van der Waals surface area contributed by atoms with Crippen LogP contribution >= 0.6 is 35.7 Å². The maximum atomic E-state index is 5.85. The highest BCUT2D eigenvalue weighted by Gasteiger charge is 2.09. The lowest BCUT2D eigenvalue weighted by molar-refractivity contribution is 0.413. The molecule has 0 aliphatic rings. The van der Waals surface area contributed by atoms with E-state index in [1.165, 1.54) is 0 Å². The van der Waals surface area contributed by atoms with Gasteiger partial charge in [-0.15, -0.1) is 24.0 Å². The average molecular weight is 433 g/mol. The largest absolute Gasteiger partial charge is 0.459 e. The Bertz CT molecular complexity index is 567. The smallest absolute Gasteiger partial charge is 0.193 e. The topological polar surface area (TPSA) is 40.8 Å². The first-order valence-electron chi connectivity index (χ1n) is 7.12. The van der Waals surface area contributed by atoms with Crippen LogP contribution in [-0.2, 0) is 6.54 Å². The van der Waals surface area contributed by atoms with E-state index >= 15 is 0 Å². The number of para-hydroxylation sites is 1. The van der Waals surface area contributed by atoms with Crippen molar-refractivity contribution in [3.63, 3.8) is 0 Å². The predicted octanol–water partition coefficient (Wildman–Crippen LogP) is 3.81. The Balaban J connectivity index is 0.00000242. The first-order chi connectivity index (χ1) is 10.2. The van der Waals surface area contributed by atoms with E-state index in [0.29, 0.717) is 6.54 Å². The normalized spacial score (nSPS) is 11.3. The lowest BCUT2D eigenvalue weighted by Crippen LogP contribution is -2.38. The molecule has 2 rings (SSSR count). The van der Waals surface area contributed by atoms with Crippen LogP contribution in [0.25, 0.3) is 11.0 Å². The first kappa shape index (κ1) is 19.2. The standard InChI is InChI=1S/C16H23N3OS.HI/c1-17-16(18-9-6-10-21-3)19(2)12-14-11-13-7-4-5-8-15(13)20-14;/h4-5,7-8,11H,6,9-10,12H2,1-3H3,(H,17,18);1H. The number of hydrogen-bond acceptors (Lipinski definition) is 3. The van der Waals surface area contributed by atoms with Crippen molar-refractivity contribution >= 4 is 52.7 Å². The third-order valence-electron chi connectivity index (χ3n) is 3.25. The van der Waals surface area contributed by atoms with Gasteiger partial charge in [-0.3, -0.25) is 4.99 Å². The summed E-state index contributed by atoms with van der Waals surface area (Å²) in [6, 6.07) is 10.2. The molecule has 4 nitrogen and oxygen atoms in total. The summed E-state index contributed by atoms with van der Waals surface area (Å²) in [5.41, 5.74) is 0.934. The molecule has 0 fully saturated rings. The van der Waals surface area contributed by atoms with Gasteiger partial charge in [0, 0.05) is 26.0 Å². The van der Waals surface area contributed by atoms with Crippen molar-refractivity contribution in [3.05, 3.63) is 36.1 Å². The molecule has 0 aliphatic carbocycles. The molecule has 1 heterocycles. The summed E-state index contributed by atoms with van der Waals surface area (Å²) in [7, 11) is 3.84. The molecule has 0 atom stereocenters. The molecule has 6 heteroatoms. The van der Waals surface area contributed by atoms with Crippen molar-refractivity contribution in [2.75, 3.05) is 32.6 Å². The summed E-state index contributed by atoms with van der Waals surface area (Å²) in [4.78, 5) is 6.40. The molecule has 0 radical (unpaired) electrons. The Morgan fingerprint density at radius 3 is 2.82 bits per heavy atom. The number of benzene rings is 1. The van der Waals surface area contributed by atoms with Crippen LogP contribution in [0.3, 0.4) is 0 Å². The second kappa shape index (κ2) is 9.99. The monoisotopic (exact) mass is 433 g/mol. The summed E-state index contributed by atoms with van der Waals surface area (Å²) >= 11 is 1.87. The molecule has 0 amide bonds. The highest BCUT2D eigenvalue weighted by atomic mass is 127. The molecular formula is C16H24IN3OS. The van der Waals surface area contributed by atoms with Gasteiger partial charge < -0.3 is 14.6 Å². The van der Waals surface area contributed by atoms with Crippen molar-refractivity contribution in [2.45, 2.75) is 13.0 Å². The molecule has 0 saturated heterocycles. The number of nitrogens with zero attached hydrogens (tertiary/aromatic N) is 2. The van der Waals surface area contributed by atoms with Crippen LogP contribution in [-0.4, -0.2) is 43.5 Å². The van der Waals surface area contributed by atoms with E-state index in [4.69, 9.17) is 4.42 Å². The van der Waals surface area contributed by atoms with Crippen molar-refractivity contribution in [1.29, 1.82) is 0 Å². The van der Waals surface area contributed by atoms with Crippen LogP contribution in [0.1, 0.15) is 12.2 Å². The van der Waals surface area contributed by atoms with Gasteiger partial charge >= 0.3 is 0 Å². The van der Waals surface area contributed by atoms with Crippen molar-refractivity contribution in [3.8, 4) is 0 Å². The summed E-state index contributed by atoms with van der Waals surface area (Å²) in [6.45, 7) is 1.65. The third-order valence-corrected chi connectivity index (χ3v) is 3.95. The molecule has 0 aliphatic heterocycles. The van der Waals surface area contributed by atoms with Gasteiger partial charge in [-0.25, -0.2) is 0 Å². The highest BCUT2D eigenvalue weighted by Crippen LogP contribution is 2.19. The highest BCUT2D eigenvalue weighted by molar-refractivity contribution is 14.0. The molecule has 0 spiro atoms. The molecule has 1 aromatic heterocycles. The second-order valence-electron chi connectivity index (χ2n) is 4.93. The maximum absolute atomic E-state index is 5.85. The van der Waals surface area contributed by atoms with E-state index in [9.17, 15) is 0 Å². The van der Waals surface area contributed by atoms with Gasteiger partial charge in [-0.05, 0) is 30.6 Å². The predicted molar refractivity (Wildman–Crippen MR) is 107 cm³/mol. The minimum absolute atomic E-state index is 0. The van der Waals surface area contributed by atoms with E-state index < -0.39 is 0 Å². The molecular weight excluding hydrogens is 409 g/mol. The molecule has 22 heavy (non-hydrogen) atoms. The first-order valence-corrected chi connectivity index (χ1v) is 8.52. The summed E-state index contributed by atoms with van der Waals surface area (Å²) in [6.07, 6.45) is 3.27. The van der Waals surface area contributed by atoms with Gasteiger partial charge in [0.15, 0.2) is 5.96 Å². The van der Waals surface area contributed by atoms with E-state index in [2.05, 4.69) is 33.6 Å². The van der Waals surface area contributed by atoms with E-state index in [-0.39, 0.29) is 24.0 Å². The Morgan fingerprint density at radius 1 is 1.36 bits per heavy atom. The molecule has 122 valence electrons. The van der Waals surface area contributed by atoms with Crippen LogP contribution < -0.4 is 5.32 Å². The van der Waals surface area contributed by atoms with Gasteiger partial charge in [0.05, 0.1) is 6.54 Å². The molecule has 2 aromatic rings. The van der Waals surface area contributed by atoms with Crippen LogP contribution in [0.5, 0.6) is 0 Å². The Kier molecular flexibility index (Phi) is 8.70. The number of hydrogen-bond donors (Lipinski definition) is 1. The zero-order valence-electron chi connectivity index (χ0n) is 13.3. The van der Waals surface area contributed by atoms with Crippen molar-refractivity contribution < 1.29 is 4.42 Å². The van der Waals surface area contributed by atoms with Crippen LogP contribution in [0.4, 0.5) is 0 Å². The zero-order valence-corrected chi connectivity index (χ0v) is 16.5. The Hall–Kier alpha value is -0.890. The van der Waals surface area contributed by atoms with Gasteiger partial charge in [0.1, 0.15) is 11.3 Å². The lowest BCUT2D eigenvalue weighted by Gasteiger charge is -2.20. The molecule has 0 unspecified atom stereocenters. The van der Waals surface area contributed by atoms with Gasteiger partial charge in [-0.2, -0.15) is 11.8 Å². The van der Waals surface area contributed by atoms with E-state index in [1.807, 2.05) is 44.1 Å². The Morgan fingerprint density at radius 2 is 2.14 bits per heavy atom. The number of aliphatic imine (C=N–C) groups is 1. The summed E-state index contributed by atoms with van der Waals surface area (Å²) < 4.78 is 5.85. The van der Waals surface area contributed by atoms with Crippen LogP contribution in [0, 0.1) is 0 Å². The summed E-state index contributed by atoms with van der Waals surface area (Å²) in [5, 5.41) is 4.52. The molecule has 0 saturated carbocycles. The van der Waals surface area contributed by atoms with Gasteiger partial charge in [0.25, 0.3) is 0 Å². The number of nitrogens with one attached hydrogen (secondary N) is 1. The molecule has 1 aromatic carbocycles. The van der Waals surface area contributed by atoms with Crippen molar-refractivity contribution in [2.24, 2.45) is 4.99 Å². The number of fused-ring (bicyclic) bond motifs is 1. The van der Waals surface area contributed by atoms with Crippen LogP contribution in [0.2, 0.25) is 0 Å². The molecule has 0 bridgehead atoms. The maximum Gasteiger partial charge on any atom is 0.193 e. The van der Waals surface area contributed by atoms with E-state index in [1.54, 1.807) is 0 Å². The molecule has 1 N–H and O–H groups in total. The summed E-state index contributed by atoms with van der Waals surface area (Å²) in [5.74, 6) is 3.01. The fourth-order valence-corrected chi connectivity index (χ4v) is 2.66. The lowest BCUT2D eigenvalue weighted by atomic mass is 10.2. The van der Waals surface area contributed by atoms with E-state index in [0.717, 1.165) is 41.4 Å². The number of thioether (sulfide) groups is 1. The fraction of sp³-hybridized carbons (Fsp3) is 0.438. The van der Waals surface area contributed by atoms with Gasteiger partial charge in [-0.1, -0.05) is 18.2 Å². The average Bonchev–Trinajstić information content (AvgIpc) is 2.89. The minimum atomic E-state index is 0. The number of furan rings is 1.